The third kappa shape index (κ3) is 4.21. The highest BCUT2D eigenvalue weighted by molar-refractivity contribution is 5.95. The molecule has 0 saturated carbocycles. The average molecular weight is 377 g/mol. The fourth-order valence-corrected chi connectivity index (χ4v) is 3.55. The Kier molecular flexibility index (Phi) is 5.65. The van der Waals surface area contributed by atoms with Crippen molar-refractivity contribution in [2.75, 3.05) is 25.0 Å². The van der Waals surface area contributed by atoms with E-state index in [1.165, 1.54) is 0 Å². The summed E-state index contributed by atoms with van der Waals surface area (Å²) in [4.78, 5) is 16.1. The molecule has 2 aliphatic rings. The Balaban J connectivity index is 1.34. The van der Waals surface area contributed by atoms with Crippen LogP contribution in [-0.2, 0) is 9.53 Å². The Morgan fingerprint density at radius 1 is 1.14 bits per heavy atom. The van der Waals surface area contributed by atoms with E-state index in [-0.39, 0.29) is 24.1 Å². The molecule has 7 heteroatoms. The second-order valence-corrected chi connectivity index (χ2v) is 7.01. The predicted octanol–water partition coefficient (Wildman–Crippen LogP) is 2.44. The minimum absolute atomic E-state index is 0.00391. The normalized spacial score (nSPS) is 24.5. The van der Waals surface area contributed by atoms with E-state index in [0.717, 1.165) is 29.9 Å². The summed E-state index contributed by atoms with van der Waals surface area (Å²) in [7, 11) is 0. The van der Waals surface area contributed by atoms with Crippen molar-refractivity contribution in [2.45, 2.75) is 24.6 Å². The third-order valence-electron chi connectivity index (χ3n) is 5.10. The van der Waals surface area contributed by atoms with E-state index in [4.69, 9.17) is 11.3 Å². The molecule has 4 N–H and O–H groups in total. The lowest BCUT2D eigenvalue weighted by Crippen LogP contribution is -2.39. The number of morpholine rings is 1. The van der Waals surface area contributed by atoms with Crippen molar-refractivity contribution in [3.05, 3.63) is 71.1 Å². The highest BCUT2D eigenvalue weighted by Gasteiger charge is 2.30. The zero-order chi connectivity index (χ0) is 19.3. The molecule has 2 fully saturated rings. The van der Waals surface area contributed by atoms with Crippen molar-refractivity contribution in [3.63, 3.8) is 0 Å². The van der Waals surface area contributed by atoms with Crippen LogP contribution in [0, 0.1) is 6.57 Å². The van der Waals surface area contributed by atoms with Gasteiger partial charge in [-0.3, -0.25) is 4.79 Å². The highest BCUT2D eigenvalue weighted by Crippen LogP contribution is 2.26. The Bertz CT molecular complexity index is 871. The Hall–Kier alpha value is -2.76. The molecule has 2 aromatic rings. The first kappa shape index (κ1) is 18.6. The van der Waals surface area contributed by atoms with Crippen molar-refractivity contribution >= 4 is 17.3 Å². The lowest BCUT2D eigenvalue weighted by atomic mass is 10.0. The average Bonchev–Trinajstić information content (AvgIpc) is 3.25. The van der Waals surface area contributed by atoms with Gasteiger partial charge in [-0.15, -0.1) is 0 Å². The Morgan fingerprint density at radius 2 is 2.00 bits per heavy atom. The van der Waals surface area contributed by atoms with E-state index in [9.17, 15) is 4.79 Å². The lowest BCUT2D eigenvalue weighted by Gasteiger charge is -2.24. The quantitative estimate of drug-likeness (QED) is 0.616. The number of rotatable bonds is 4. The van der Waals surface area contributed by atoms with Crippen LogP contribution in [-0.4, -0.2) is 31.6 Å². The van der Waals surface area contributed by atoms with Gasteiger partial charge in [-0.2, -0.15) is 0 Å². The van der Waals surface area contributed by atoms with E-state index in [1.807, 2.05) is 42.5 Å². The number of anilines is 1. The summed E-state index contributed by atoms with van der Waals surface area (Å²) in [5.74, 6) is -0.0836. The number of ether oxygens (including phenoxy) is 1. The van der Waals surface area contributed by atoms with Gasteiger partial charge in [0.25, 0.3) is 0 Å². The topological polar surface area (TPSA) is 78.8 Å². The van der Waals surface area contributed by atoms with Gasteiger partial charge in [-0.25, -0.2) is 15.7 Å². The summed E-state index contributed by atoms with van der Waals surface area (Å²) in [6.07, 6.45) is 0.679. The maximum absolute atomic E-state index is 12.6. The Morgan fingerprint density at radius 3 is 2.75 bits per heavy atom. The minimum Gasteiger partial charge on any atom is -0.371 e. The number of benzene rings is 2. The van der Waals surface area contributed by atoms with Crippen LogP contribution in [0.4, 0.5) is 11.4 Å². The molecule has 0 bridgehead atoms. The van der Waals surface area contributed by atoms with Crippen molar-refractivity contribution in [1.29, 1.82) is 0 Å². The fraction of sp³-hybridized carbons (Fsp3) is 0.333. The van der Waals surface area contributed by atoms with Gasteiger partial charge in [0.1, 0.15) is 6.04 Å². The zero-order valence-electron chi connectivity index (χ0n) is 15.4. The van der Waals surface area contributed by atoms with Crippen LogP contribution < -0.4 is 21.5 Å². The molecule has 4 rings (SSSR count). The van der Waals surface area contributed by atoms with E-state index >= 15 is 0 Å². The summed E-state index contributed by atoms with van der Waals surface area (Å²) in [6, 6.07) is 14.9. The van der Waals surface area contributed by atoms with E-state index < -0.39 is 0 Å². The van der Waals surface area contributed by atoms with E-state index in [0.29, 0.717) is 18.7 Å². The number of hydrogen-bond donors (Lipinski definition) is 4. The Labute approximate surface area is 164 Å². The first-order chi connectivity index (χ1) is 13.7. The molecule has 2 aromatic carbocycles. The first-order valence-corrected chi connectivity index (χ1v) is 9.44. The van der Waals surface area contributed by atoms with Crippen LogP contribution in [0.3, 0.4) is 0 Å². The molecule has 2 unspecified atom stereocenters. The molecule has 0 aromatic heterocycles. The molecule has 2 saturated heterocycles. The second kappa shape index (κ2) is 8.50. The highest BCUT2D eigenvalue weighted by atomic mass is 16.5. The van der Waals surface area contributed by atoms with Crippen molar-refractivity contribution in [2.24, 2.45) is 0 Å². The molecule has 0 aliphatic carbocycles. The second-order valence-electron chi connectivity index (χ2n) is 7.01. The van der Waals surface area contributed by atoms with Crippen molar-refractivity contribution in [3.8, 4) is 0 Å². The number of nitrogens with zero attached hydrogens (tertiary/aromatic N) is 1. The van der Waals surface area contributed by atoms with Crippen molar-refractivity contribution in [1.82, 2.24) is 16.2 Å². The predicted molar refractivity (Wildman–Crippen MR) is 107 cm³/mol. The lowest BCUT2D eigenvalue weighted by molar-refractivity contribution is -0.117. The van der Waals surface area contributed by atoms with Crippen LogP contribution in [0.1, 0.15) is 29.7 Å². The smallest absolute Gasteiger partial charge is 0.242 e. The number of nitrogens with one attached hydrogen (secondary N) is 4. The van der Waals surface area contributed by atoms with Gasteiger partial charge >= 0.3 is 0 Å². The molecular weight excluding hydrogens is 354 g/mol. The SMILES string of the molecule is [C-]#[N+]c1cccc(C2CC(C(=O)Nc3ccc([C@H]4CNCCO4)cc3)NN2)c1. The molecule has 1 amide bonds. The monoisotopic (exact) mass is 377 g/mol. The van der Waals surface area contributed by atoms with Gasteiger partial charge in [-0.1, -0.05) is 36.4 Å². The van der Waals surface area contributed by atoms with Crippen LogP contribution in [0.5, 0.6) is 0 Å². The van der Waals surface area contributed by atoms with Crippen LogP contribution >= 0.6 is 0 Å². The first-order valence-electron chi connectivity index (χ1n) is 9.44. The van der Waals surface area contributed by atoms with Gasteiger partial charge < -0.3 is 15.4 Å². The number of hydrazine groups is 1. The molecular formula is C21H23N5O2. The maximum atomic E-state index is 12.6. The molecule has 0 radical (unpaired) electrons. The van der Waals surface area contributed by atoms with Crippen LogP contribution in [0.25, 0.3) is 4.85 Å². The number of hydrogen-bond acceptors (Lipinski definition) is 5. The molecule has 144 valence electrons. The van der Waals surface area contributed by atoms with Crippen LogP contribution in [0.2, 0.25) is 0 Å². The van der Waals surface area contributed by atoms with Gasteiger partial charge in [-0.05, 0) is 29.7 Å². The van der Waals surface area contributed by atoms with Gasteiger partial charge in [0.2, 0.25) is 5.91 Å². The standard InChI is InChI=1S/C21H23N5O2/c1-22-17-4-2-3-15(11-17)18-12-19(26-25-18)21(27)24-16-7-5-14(6-8-16)20-13-23-9-10-28-20/h2-8,11,18-20,23,25-26H,9-10,12-13H2,(H,24,27)/t18?,19?,20-/m1/s1. The summed E-state index contributed by atoms with van der Waals surface area (Å²) >= 11 is 0. The van der Waals surface area contributed by atoms with Crippen molar-refractivity contribution < 1.29 is 9.53 Å². The number of amides is 1. The molecule has 2 aliphatic heterocycles. The van der Waals surface area contributed by atoms with Gasteiger partial charge in [0.15, 0.2) is 5.69 Å². The minimum atomic E-state index is -0.341. The van der Waals surface area contributed by atoms with Gasteiger partial charge in [0.05, 0.1) is 19.3 Å². The zero-order valence-corrected chi connectivity index (χ0v) is 15.4. The van der Waals surface area contributed by atoms with E-state index in [1.54, 1.807) is 6.07 Å². The number of carbonyl (C=O) groups excluding carboxylic acids is 1. The number of carbonyl (C=O) groups is 1. The summed E-state index contributed by atoms with van der Waals surface area (Å²) < 4.78 is 5.75. The molecule has 3 atom stereocenters. The molecule has 28 heavy (non-hydrogen) atoms. The summed E-state index contributed by atoms with van der Waals surface area (Å²) in [6.45, 7) is 9.54. The maximum Gasteiger partial charge on any atom is 0.242 e. The van der Waals surface area contributed by atoms with E-state index in [2.05, 4.69) is 26.3 Å². The van der Waals surface area contributed by atoms with Gasteiger partial charge in [0, 0.05) is 24.8 Å². The molecule has 2 heterocycles. The molecule has 7 nitrogen and oxygen atoms in total. The van der Waals surface area contributed by atoms with Crippen LogP contribution in [0.15, 0.2) is 48.5 Å². The fourth-order valence-electron chi connectivity index (χ4n) is 3.55. The molecule has 0 spiro atoms. The summed E-state index contributed by atoms with van der Waals surface area (Å²) in [5.41, 5.74) is 9.68. The largest absolute Gasteiger partial charge is 0.371 e. The summed E-state index contributed by atoms with van der Waals surface area (Å²) in [5, 5.41) is 6.28. The third-order valence-corrected chi connectivity index (χ3v) is 5.10.